The highest BCUT2D eigenvalue weighted by atomic mass is 16.5. The number of aliphatic hydroxyl groups is 1. The van der Waals surface area contributed by atoms with E-state index in [-0.39, 0.29) is 6.61 Å². The summed E-state index contributed by atoms with van der Waals surface area (Å²) in [6.45, 7) is 1.59. The van der Waals surface area contributed by atoms with Crippen LogP contribution in [0.25, 0.3) is 0 Å². The minimum Gasteiger partial charge on any atom is -0.390 e. The van der Waals surface area contributed by atoms with Gasteiger partial charge in [-0.05, 0) is 11.6 Å². The van der Waals surface area contributed by atoms with E-state index in [0.29, 0.717) is 25.5 Å². The van der Waals surface area contributed by atoms with Crippen LogP contribution in [0.15, 0.2) is 18.3 Å². The number of hydrogen-bond acceptors (Lipinski definition) is 4. The predicted molar refractivity (Wildman–Crippen MR) is 48.9 cm³/mol. The van der Waals surface area contributed by atoms with Crippen molar-refractivity contribution < 1.29 is 9.84 Å². The van der Waals surface area contributed by atoms with Crippen LogP contribution in [0.4, 0.5) is 0 Å². The molecule has 0 fully saturated rings. The maximum Gasteiger partial charge on any atom is 0.0852 e. The number of aliphatic hydroxyl groups excluding tert-OH is 1. The molecule has 0 aromatic carbocycles. The molecule has 0 unspecified atom stereocenters. The van der Waals surface area contributed by atoms with Crippen molar-refractivity contribution in [2.24, 2.45) is 5.73 Å². The van der Waals surface area contributed by atoms with Crippen LogP contribution >= 0.6 is 0 Å². The van der Waals surface area contributed by atoms with Gasteiger partial charge < -0.3 is 15.6 Å². The van der Waals surface area contributed by atoms with Gasteiger partial charge >= 0.3 is 0 Å². The largest absolute Gasteiger partial charge is 0.390 e. The van der Waals surface area contributed by atoms with Gasteiger partial charge in [0.1, 0.15) is 0 Å². The molecule has 0 spiro atoms. The summed E-state index contributed by atoms with van der Waals surface area (Å²) in [6, 6.07) is 3.66. The monoisotopic (exact) mass is 182 g/mol. The number of nitrogens with two attached hydrogens (primary N) is 1. The van der Waals surface area contributed by atoms with E-state index >= 15 is 0 Å². The fraction of sp³-hybridized carbons (Fsp3) is 0.444. The lowest BCUT2D eigenvalue weighted by Crippen LogP contribution is -2.08. The molecule has 1 rings (SSSR count). The molecule has 0 atom stereocenters. The van der Waals surface area contributed by atoms with E-state index in [9.17, 15) is 0 Å². The van der Waals surface area contributed by atoms with Crippen LogP contribution in [0.3, 0.4) is 0 Å². The molecule has 1 aromatic heterocycles. The van der Waals surface area contributed by atoms with Crippen molar-refractivity contribution in [3.63, 3.8) is 0 Å². The van der Waals surface area contributed by atoms with Gasteiger partial charge in [-0.1, -0.05) is 6.07 Å². The van der Waals surface area contributed by atoms with Gasteiger partial charge in [0, 0.05) is 12.7 Å². The Morgan fingerprint density at radius 2 is 2.31 bits per heavy atom. The first-order valence-electron chi connectivity index (χ1n) is 4.19. The van der Waals surface area contributed by atoms with Crippen LogP contribution < -0.4 is 5.73 Å². The minimum absolute atomic E-state index is 0.0239. The zero-order chi connectivity index (χ0) is 9.52. The van der Waals surface area contributed by atoms with Crippen LogP contribution in [0, 0.1) is 0 Å². The highest BCUT2D eigenvalue weighted by Crippen LogP contribution is 2.01. The molecule has 0 aliphatic rings. The lowest BCUT2D eigenvalue weighted by molar-refractivity contribution is 0.128. The van der Waals surface area contributed by atoms with Gasteiger partial charge in [0.05, 0.1) is 25.5 Å². The number of aromatic nitrogens is 1. The van der Waals surface area contributed by atoms with Crippen molar-refractivity contribution in [2.75, 3.05) is 13.2 Å². The van der Waals surface area contributed by atoms with E-state index in [1.54, 1.807) is 12.3 Å². The smallest absolute Gasteiger partial charge is 0.0852 e. The van der Waals surface area contributed by atoms with E-state index in [1.807, 2.05) is 6.07 Å². The summed E-state index contributed by atoms with van der Waals surface area (Å²) in [7, 11) is 0. The van der Waals surface area contributed by atoms with Gasteiger partial charge in [-0.3, -0.25) is 4.98 Å². The molecule has 0 aliphatic carbocycles. The molecule has 1 heterocycles. The molecule has 4 nitrogen and oxygen atoms in total. The van der Waals surface area contributed by atoms with Gasteiger partial charge in [-0.15, -0.1) is 0 Å². The van der Waals surface area contributed by atoms with Gasteiger partial charge in [-0.25, -0.2) is 0 Å². The number of ether oxygens (including phenoxy) is 1. The molecule has 0 aliphatic heterocycles. The van der Waals surface area contributed by atoms with Gasteiger partial charge in [0.25, 0.3) is 0 Å². The Kier molecular flexibility index (Phi) is 4.39. The van der Waals surface area contributed by atoms with Crippen molar-refractivity contribution in [3.05, 3.63) is 29.6 Å². The minimum atomic E-state index is -0.0239. The van der Waals surface area contributed by atoms with Crippen molar-refractivity contribution in [1.29, 1.82) is 0 Å². The zero-order valence-electron chi connectivity index (χ0n) is 7.44. The van der Waals surface area contributed by atoms with Gasteiger partial charge in [0.15, 0.2) is 0 Å². The molecule has 0 radical (unpaired) electrons. The Labute approximate surface area is 77.4 Å². The average molecular weight is 182 g/mol. The van der Waals surface area contributed by atoms with Crippen LogP contribution in [-0.4, -0.2) is 23.2 Å². The zero-order valence-corrected chi connectivity index (χ0v) is 7.44. The predicted octanol–water partition coefficient (Wildman–Crippen LogP) is 0.0492. The second-order valence-electron chi connectivity index (χ2n) is 2.66. The van der Waals surface area contributed by atoms with Gasteiger partial charge in [-0.2, -0.15) is 0 Å². The number of pyridine rings is 1. The fourth-order valence-corrected chi connectivity index (χ4v) is 0.907. The molecule has 0 saturated carbocycles. The Balaban J connectivity index is 2.40. The first kappa shape index (κ1) is 10.1. The van der Waals surface area contributed by atoms with Crippen molar-refractivity contribution >= 4 is 0 Å². The fourth-order valence-electron chi connectivity index (χ4n) is 0.907. The summed E-state index contributed by atoms with van der Waals surface area (Å²) in [5.74, 6) is 0. The third-order valence-electron chi connectivity index (χ3n) is 1.58. The molecule has 3 N–H and O–H groups in total. The molecule has 0 bridgehead atoms. The van der Waals surface area contributed by atoms with E-state index in [2.05, 4.69) is 4.98 Å². The highest BCUT2D eigenvalue weighted by molar-refractivity contribution is 5.12. The third-order valence-corrected chi connectivity index (χ3v) is 1.58. The Morgan fingerprint density at radius 3 is 2.85 bits per heavy atom. The SMILES string of the molecule is NCCOCc1ccc(CO)nc1. The van der Waals surface area contributed by atoms with E-state index in [1.165, 1.54) is 0 Å². The summed E-state index contributed by atoms with van der Waals surface area (Å²) in [6.07, 6.45) is 1.70. The molecule has 4 heteroatoms. The summed E-state index contributed by atoms with van der Waals surface area (Å²) >= 11 is 0. The Morgan fingerprint density at radius 1 is 1.46 bits per heavy atom. The standard InChI is InChI=1S/C9H14N2O2/c10-3-4-13-7-8-1-2-9(6-12)11-5-8/h1-2,5,12H,3-4,6-7,10H2. The first-order valence-corrected chi connectivity index (χ1v) is 4.19. The highest BCUT2D eigenvalue weighted by Gasteiger charge is 1.94. The van der Waals surface area contributed by atoms with Crippen molar-refractivity contribution in [2.45, 2.75) is 13.2 Å². The van der Waals surface area contributed by atoms with Crippen LogP contribution in [0.5, 0.6) is 0 Å². The third kappa shape index (κ3) is 3.50. The van der Waals surface area contributed by atoms with Crippen LogP contribution in [-0.2, 0) is 18.0 Å². The second-order valence-corrected chi connectivity index (χ2v) is 2.66. The van der Waals surface area contributed by atoms with E-state index < -0.39 is 0 Å². The summed E-state index contributed by atoms with van der Waals surface area (Å²) in [5, 5.41) is 8.73. The summed E-state index contributed by atoms with van der Waals surface area (Å²) in [5.41, 5.74) is 6.93. The lowest BCUT2D eigenvalue weighted by atomic mass is 10.2. The van der Waals surface area contributed by atoms with E-state index in [4.69, 9.17) is 15.6 Å². The lowest BCUT2D eigenvalue weighted by Gasteiger charge is -2.02. The number of nitrogens with zero attached hydrogens (tertiary/aromatic N) is 1. The van der Waals surface area contributed by atoms with Crippen LogP contribution in [0.1, 0.15) is 11.3 Å². The molecular formula is C9H14N2O2. The summed E-state index contributed by atoms with van der Waals surface area (Å²) < 4.78 is 5.21. The molecule has 72 valence electrons. The molecule has 13 heavy (non-hydrogen) atoms. The molecule has 0 saturated heterocycles. The summed E-state index contributed by atoms with van der Waals surface area (Å²) in [4.78, 5) is 4.01. The van der Waals surface area contributed by atoms with Crippen molar-refractivity contribution in [3.8, 4) is 0 Å². The van der Waals surface area contributed by atoms with Gasteiger partial charge in [0.2, 0.25) is 0 Å². The number of rotatable bonds is 5. The normalized spacial score (nSPS) is 10.3. The molecular weight excluding hydrogens is 168 g/mol. The number of hydrogen-bond donors (Lipinski definition) is 2. The maximum absolute atomic E-state index is 8.73. The van der Waals surface area contributed by atoms with Crippen LogP contribution in [0.2, 0.25) is 0 Å². The first-order chi connectivity index (χ1) is 6.36. The van der Waals surface area contributed by atoms with Crippen molar-refractivity contribution in [1.82, 2.24) is 4.98 Å². The quantitative estimate of drug-likeness (QED) is 0.631. The van der Waals surface area contributed by atoms with E-state index in [0.717, 1.165) is 5.56 Å². The average Bonchev–Trinajstić information content (AvgIpc) is 2.19. The topological polar surface area (TPSA) is 68.4 Å². The maximum atomic E-state index is 8.73. The Bertz CT molecular complexity index is 236. The molecule has 1 aromatic rings. The Hall–Kier alpha value is -0.970. The molecule has 0 amide bonds. The second kappa shape index (κ2) is 5.64.